The van der Waals surface area contributed by atoms with Gasteiger partial charge in [0.2, 0.25) is 11.8 Å². The summed E-state index contributed by atoms with van der Waals surface area (Å²) in [5.41, 5.74) is 3.30. The van der Waals surface area contributed by atoms with Gasteiger partial charge in [0, 0.05) is 50.6 Å². The van der Waals surface area contributed by atoms with Crippen molar-refractivity contribution in [1.82, 2.24) is 15.2 Å². The van der Waals surface area contributed by atoms with Crippen molar-refractivity contribution in [3.63, 3.8) is 0 Å². The summed E-state index contributed by atoms with van der Waals surface area (Å²) in [5.74, 6) is 1.02. The summed E-state index contributed by atoms with van der Waals surface area (Å²) in [5, 5.41) is 6.45. The van der Waals surface area contributed by atoms with Gasteiger partial charge in [-0.1, -0.05) is 36.4 Å². The zero-order chi connectivity index (χ0) is 24.6. The van der Waals surface area contributed by atoms with Gasteiger partial charge in [0.15, 0.2) is 0 Å². The minimum atomic E-state index is -0.125. The molecule has 0 bridgehead atoms. The number of aromatic nitrogens is 1. The normalized spacial score (nSPS) is 17.9. The van der Waals surface area contributed by atoms with Gasteiger partial charge in [0.05, 0.1) is 0 Å². The van der Waals surface area contributed by atoms with Crippen LogP contribution in [0, 0.1) is 0 Å². The quantitative estimate of drug-likeness (QED) is 0.546. The summed E-state index contributed by atoms with van der Waals surface area (Å²) in [6.07, 6.45) is 5.64. The van der Waals surface area contributed by atoms with E-state index in [1.807, 2.05) is 35.2 Å². The molecule has 0 aliphatic carbocycles. The molecule has 35 heavy (non-hydrogen) atoms. The predicted octanol–water partition coefficient (Wildman–Crippen LogP) is 3.63. The maximum absolute atomic E-state index is 12.7. The van der Waals surface area contributed by atoms with E-state index < -0.39 is 0 Å². The maximum atomic E-state index is 12.7. The Hall–Kier alpha value is -3.22. The first-order chi connectivity index (χ1) is 17.0. The lowest BCUT2D eigenvalue weighted by Crippen LogP contribution is -2.39. The first-order valence-electron chi connectivity index (χ1n) is 12.8. The summed E-state index contributed by atoms with van der Waals surface area (Å²) in [6, 6.07) is 13.9. The molecule has 0 spiro atoms. The number of nitrogens with one attached hydrogen (secondary N) is 2. The second-order valence-electron chi connectivity index (χ2n) is 9.80. The Bertz CT molecular complexity index is 1040. The van der Waals surface area contributed by atoms with Crippen LogP contribution in [0.25, 0.3) is 0 Å². The second-order valence-corrected chi connectivity index (χ2v) is 9.80. The minimum absolute atomic E-state index is 0.0337. The first kappa shape index (κ1) is 24.9. The van der Waals surface area contributed by atoms with Crippen molar-refractivity contribution in [3.8, 4) is 0 Å². The van der Waals surface area contributed by atoms with Gasteiger partial charge in [0.1, 0.15) is 11.6 Å². The van der Waals surface area contributed by atoms with E-state index in [1.54, 1.807) is 6.92 Å². The number of anilines is 1. The molecule has 1 fully saturated rings. The molecule has 1 aromatic carbocycles. The summed E-state index contributed by atoms with van der Waals surface area (Å²) in [6.45, 7) is 3.75. The number of likely N-dealkylation sites (tertiary alicyclic amines) is 1. The van der Waals surface area contributed by atoms with E-state index in [-0.39, 0.29) is 36.0 Å². The molecule has 2 amide bonds. The molecule has 0 saturated carbocycles. The number of ketones is 1. The Morgan fingerprint density at radius 3 is 2.77 bits per heavy atom. The standard InChI is InChI=1S/C28H36N4O3/c1-20(33)17-23(21-7-3-2-4-8-21)18-26(34)30-25-14-16-32(19-25)27(35)11-5-10-24-13-12-22-9-6-15-29-28(22)31-24/h2-4,7-8,12-13,23,25H,5-6,9-11,14-19H2,1H3,(H,29,31)(H,30,34)/t23?,25-/m1/s1. The van der Waals surface area contributed by atoms with E-state index in [0.29, 0.717) is 25.9 Å². The number of nitrogens with zero attached hydrogens (tertiary/aromatic N) is 2. The van der Waals surface area contributed by atoms with E-state index >= 15 is 0 Å². The van der Waals surface area contributed by atoms with Crippen LogP contribution in [0.1, 0.15) is 68.2 Å². The van der Waals surface area contributed by atoms with Crippen LogP contribution in [-0.4, -0.2) is 53.2 Å². The van der Waals surface area contributed by atoms with Gasteiger partial charge in [-0.05, 0) is 62.1 Å². The van der Waals surface area contributed by atoms with Crippen LogP contribution in [-0.2, 0) is 27.2 Å². The molecule has 1 aromatic heterocycles. The van der Waals surface area contributed by atoms with Crippen molar-refractivity contribution >= 4 is 23.4 Å². The van der Waals surface area contributed by atoms with Crippen molar-refractivity contribution in [3.05, 3.63) is 59.3 Å². The van der Waals surface area contributed by atoms with Gasteiger partial charge < -0.3 is 20.3 Å². The molecule has 2 aliphatic rings. The number of hydrogen-bond donors (Lipinski definition) is 2. The highest BCUT2D eigenvalue weighted by molar-refractivity contribution is 5.81. The average molecular weight is 477 g/mol. The molecule has 7 heteroatoms. The number of carbonyl (C=O) groups is 3. The van der Waals surface area contributed by atoms with Crippen molar-refractivity contribution in [1.29, 1.82) is 0 Å². The van der Waals surface area contributed by atoms with Gasteiger partial charge in [0.25, 0.3) is 0 Å². The van der Waals surface area contributed by atoms with Crippen LogP contribution in [0.5, 0.6) is 0 Å². The van der Waals surface area contributed by atoms with Crippen molar-refractivity contribution in [2.75, 3.05) is 25.0 Å². The third-order valence-corrected chi connectivity index (χ3v) is 6.92. The minimum Gasteiger partial charge on any atom is -0.370 e. The summed E-state index contributed by atoms with van der Waals surface area (Å²) < 4.78 is 0. The van der Waals surface area contributed by atoms with Gasteiger partial charge >= 0.3 is 0 Å². The first-order valence-corrected chi connectivity index (χ1v) is 12.8. The largest absolute Gasteiger partial charge is 0.370 e. The smallest absolute Gasteiger partial charge is 0.222 e. The van der Waals surface area contributed by atoms with Gasteiger partial charge in [-0.25, -0.2) is 4.98 Å². The highest BCUT2D eigenvalue weighted by Gasteiger charge is 2.28. The number of benzene rings is 1. The van der Waals surface area contributed by atoms with Crippen molar-refractivity contribution in [2.45, 2.75) is 70.3 Å². The molecule has 2 atom stereocenters. The third kappa shape index (κ3) is 7.13. The van der Waals surface area contributed by atoms with Gasteiger partial charge in [-0.15, -0.1) is 0 Å². The maximum Gasteiger partial charge on any atom is 0.222 e. The molecule has 2 aliphatic heterocycles. The van der Waals surface area contributed by atoms with E-state index in [9.17, 15) is 14.4 Å². The SMILES string of the molecule is CC(=O)CC(CC(=O)N[C@@H]1CCN(C(=O)CCCc2ccc3c(n2)NCCC3)C1)c1ccccc1. The number of fused-ring (bicyclic) bond motifs is 1. The number of carbonyl (C=O) groups excluding carboxylic acids is 3. The third-order valence-electron chi connectivity index (χ3n) is 6.92. The fourth-order valence-electron chi connectivity index (χ4n) is 5.08. The fourth-order valence-corrected chi connectivity index (χ4v) is 5.08. The molecule has 186 valence electrons. The second kappa shape index (κ2) is 12.0. The van der Waals surface area contributed by atoms with Crippen LogP contribution in [0.15, 0.2) is 42.5 Å². The molecule has 7 nitrogen and oxygen atoms in total. The molecule has 1 unspecified atom stereocenters. The van der Waals surface area contributed by atoms with Crippen LogP contribution in [0.4, 0.5) is 5.82 Å². The van der Waals surface area contributed by atoms with E-state index in [4.69, 9.17) is 4.98 Å². The topological polar surface area (TPSA) is 91.4 Å². The van der Waals surface area contributed by atoms with E-state index in [1.165, 1.54) is 5.56 Å². The molecular weight excluding hydrogens is 440 g/mol. The number of amides is 2. The van der Waals surface area contributed by atoms with Crippen LogP contribution < -0.4 is 10.6 Å². The summed E-state index contributed by atoms with van der Waals surface area (Å²) in [7, 11) is 0. The summed E-state index contributed by atoms with van der Waals surface area (Å²) >= 11 is 0. The molecule has 0 radical (unpaired) electrons. The lowest BCUT2D eigenvalue weighted by atomic mass is 9.90. The number of aryl methyl sites for hydroxylation is 2. The Kier molecular flexibility index (Phi) is 8.50. The molecular formula is C28H36N4O3. The molecule has 3 heterocycles. The Morgan fingerprint density at radius 1 is 1.14 bits per heavy atom. The summed E-state index contributed by atoms with van der Waals surface area (Å²) in [4.78, 5) is 43.8. The van der Waals surface area contributed by atoms with Crippen molar-refractivity contribution < 1.29 is 14.4 Å². The molecule has 4 rings (SSSR count). The lowest BCUT2D eigenvalue weighted by molar-refractivity contribution is -0.130. The molecule has 2 N–H and O–H groups in total. The predicted molar refractivity (Wildman–Crippen MR) is 136 cm³/mol. The van der Waals surface area contributed by atoms with Gasteiger partial charge in [-0.3, -0.25) is 9.59 Å². The number of rotatable bonds is 10. The molecule has 1 saturated heterocycles. The van der Waals surface area contributed by atoms with Gasteiger partial charge in [-0.2, -0.15) is 0 Å². The Labute approximate surface area is 207 Å². The zero-order valence-electron chi connectivity index (χ0n) is 20.6. The number of hydrogen-bond acceptors (Lipinski definition) is 5. The lowest BCUT2D eigenvalue weighted by Gasteiger charge is -2.19. The zero-order valence-corrected chi connectivity index (χ0v) is 20.6. The number of Topliss-reactive ketones (excluding diaryl/α,β-unsaturated/α-hetero) is 1. The van der Waals surface area contributed by atoms with Crippen LogP contribution >= 0.6 is 0 Å². The van der Waals surface area contributed by atoms with E-state index in [0.717, 1.165) is 55.7 Å². The highest BCUT2D eigenvalue weighted by atomic mass is 16.2. The van der Waals surface area contributed by atoms with Crippen LogP contribution in [0.2, 0.25) is 0 Å². The fraction of sp³-hybridized carbons (Fsp3) is 0.500. The van der Waals surface area contributed by atoms with E-state index in [2.05, 4.69) is 22.8 Å². The molecule has 2 aromatic rings. The van der Waals surface area contributed by atoms with Crippen LogP contribution in [0.3, 0.4) is 0 Å². The average Bonchev–Trinajstić information content (AvgIpc) is 3.32. The Morgan fingerprint density at radius 2 is 1.97 bits per heavy atom. The monoisotopic (exact) mass is 476 g/mol. The Balaban J connectivity index is 1.20. The number of pyridine rings is 1. The highest BCUT2D eigenvalue weighted by Crippen LogP contribution is 2.24. The van der Waals surface area contributed by atoms with Crippen molar-refractivity contribution in [2.24, 2.45) is 0 Å².